The summed E-state index contributed by atoms with van der Waals surface area (Å²) >= 11 is 0. The molecule has 0 aliphatic rings. The maximum atomic E-state index is 11.2. The van der Waals surface area contributed by atoms with Gasteiger partial charge in [0.1, 0.15) is 0 Å². The maximum Gasteiger partial charge on any atom is 0.330 e. The number of ether oxygens (including phenoxy) is 1. The average Bonchev–Trinajstić information content (AvgIpc) is 2.91. The van der Waals surface area contributed by atoms with Crippen LogP contribution in [0, 0.1) is 13.8 Å². The number of hydrogen-bond acceptors (Lipinski definition) is 3. The van der Waals surface area contributed by atoms with Crippen LogP contribution in [0.2, 0.25) is 0 Å². The number of carbonyl (C=O) groups excluding carboxylic acids is 1. The van der Waals surface area contributed by atoms with Crippen molar-refractivity contribution >= 4 is 23.0 Å². The number of carbonyl (C=O) groups is 1. The standard InChI is InChI=1S/C33H33NO2/c1-4-33(35)36-24-23-29-13-11-27(12-14-29)9-10-28-15-21-32(22-16-28)34(30-17-5-25(2)6-18-30)31-19-7-26(3)8-20-31/h4-8,11-22H,1,9-10,23-24H2,2-3H3. The lowest BCUT2D eigenvalue weighted by Gasteiger charge is -2.26. The summed E-state index contributed by atoms with van der Waals surface area (Å²) in [6.45, 7) is 8.02. The largest absolute Gasteiger partial charge is 0.462 e. The first-order valence-electron chi connectivity index (χ1n) is 12.4. The fraction of sp³-hybridized carbons (Fsp3) is 0.182. The minimum absolute atomic E-state index is 0.374. The van der Waals surface area contributed by atoms with Gasteiger partial charge >= 0.3 is 5.97 Å². The molecule has 3 heteroatoms. The molecule has 0 saturated heterocycles. The van der Waals surface area contributed by atoms with Crippen LogP contribution in [0.5, 0.6) is 0 Å². The van der Waals surface area contributed by atoms with Crippen LogP contribution in [0.4, 0.5) is 17.1 Å². The zero-order chi connectivity index (χ0) is 25.3. The Morgan fingerprint density at radius 3 is 1.42 bits per heavy atom. The van der Waals surface area contributed by atoms with Crippen LogP contribution in [0.3, 0.4) is 0 Å². The molecule has 0 aliphatic heterocycles. The van der Waals surface area contributed by atoms with Gasteiger partial charge in [0.2, 0.25) is 0 Å². The Kier molecular flexibility index (Phi) is 8.36. The van der Waals surface area contributed by atoms with Gasteiger partial charge in [-0.15, -0.1) is 0 Å². The highest BCUT2D eigenvalue weighted by molar-refractivity contribution is 5.81. The molecule has 182 valence electrons. The Labute approximate surface area is 214 Å². The third kappa shape index (κ3) is 6.73. The summed E-state index contributed by atoms with van der Waals surface area (Å²) in [6, 6.07) is 34.8. The minimum atomic E-state index is -0.376. The topological polar surface area (TPSA) is 29.5 Å². The Morgan fingerprint density at radius 1 is 0.639 bits per heavy atom. The van der Waals surface area contributed by atoms with E-state index < -0.39 is 0 Å². The van der Waals surface area contributed by atoms with Crippen LogP contribution >= 0.6 is 0 Å². The fourth-order valence-corrected chi connectivity index (χ4v) is 4.14. The van der Waals surface area contributed by atoms with Crippen molar-refractivity contribution in [2.24, 2.45) is 0 Å². The van der Waals surface area contributed by atoms with Crippen LogP contribution < -0.4 is 4.90 Å². The van der Waals surface area contributed by atoms with Gasteiger partial charge in [-0.05, 0) is 79.8 Å². The molecular weight excluding hydrogens is 442 g/mol. The second-order valence-corrected chi connectivity index (χ2v) is 9.11. The van der Waals surface area contributed by atoms with Crippen molar-refractivity contribution in [1.82, 2.24) is 0 Å². The second-order valence-electron chi connectivity index (χ2n) is 9.11. The first-order valence-corrected chi connectivity index (χ1v) is 12.4. The van der Waals surface area contributed by atoms with E-state index in [1.807, 2.05) is 0 Å². The summed E-state index contributed by atoms with van der Waals surface area (Å²) in [6.07, 6.45) is 3.86. The van der Waals surface area contributed by atoms with Gasteiger partial charge in [-0.25, -0.2) is 4.79 Å². The van der Waals surface area contributed by atoms with Crippen molar-refractivity contribution in [3.8, 4) is 0 Å². The van der Waals surface area contributed by atoms with E-state index in [1.165, 1.54) is 28.3 Å². The van der Waals surface area contributed by atoms with E-state index in [0.717, 1.165) is 35.5 Å². The monoisotopic (exact) mass is 475 g/mol. The molecule has 0 unspecified atom stereocenters. The van der Waals surface area contributed by atoms with Gasteiger partial charge < -0.3 is 9.64 Å². The van der Waals surface area contributed by atoms with Crippen LogP contribution in [-0.2, 0) is 28.8 Å². The summed E-state index contributed by atoms with van der Waals surface area (Å²) in [4.78, 5) is 13.5. The highest BCUT2D eigenvalue weighted by Crippen LogP contribution is 2.34. The van der Waals surface area contributed by atoms with Crippen molar-refractivity contribution in [3.05, 3.63) is 138 Å². The Bertz CT molecular complexity index is 1230. The zero-order valence-electron chi connectivity index (χ0n) is 21.1. The number of aryl methyl sites for hydroxylation is 4. The van der Waals surface area contributed by atoms with E-state index in [-0.39, 0.29) is 5.97 Å². The lowest BCUT2D eigenvalue weighted by Crippen LogP contribution is -2.10. The summed E-state index contributed by atoms with van der Waals surface area (Å²) in [5.41, 5.74) is 9.72. The maximum absolute atomic E-state index is 11.2. The number of anilines is 3. The molecule has 0 N–H and O–H groups in total. The normalized spacial score (nSPS) is 10.6. The van der Waals surface area contributed by atoms with Gasteiger partial charge in [0.25, 0.3) is 0 Å². The first-order chi connectivity index (χ1) is 17.5. The van der Waals surface area contributed by atoms with E-state index in [9.17, 15) is 4.79 Å². The molecule has 0 aliphatic carbocycles. The predicted octanol–water partition coefficient (Wildman–Crippen LogP) is 7.83. The van der Waals surface area contributed by atoms with Crippen molar-refractivity contribution in [2.45, 2.75) is 33.1 Å². The van der Waals surface area contributed by atoms with Gasteiger partial charge in [-0.1, -0.05) is 78.4 Å². The van der Waals surface area contributed by atoms with E-state index in [0.29, 0.717) is 13.0 Å². The number of nitrogens with zero attached hydrogens (tertiary/aromatic N) is 1. The van der Waals surface area contributed by atoms with E-state index >= 15 is 0 Å². The van der Waals surface area contributed by atoms with Gasteiger partial charge in [0.15, 0.2) is 0 Å². The molecule has 0 radical (unpaired) electrons. The number of benzene rings is 4. The zero-order valence-corrected chi connectivity index (χ0v) is 21.1. The van der Waals surface area contributed by atoms with Gasteiger partial charge in [0.05, 0.1) is 6.61 Å². The number of rotatable bonds is 10. The molecule has 0 saturated carbocycles. The Morgan fingerprint density at radius 2 is 1.00 bits per heavy atom. The minimum Gasteiger partial charge on any atom is -0.462 e. The summed E-state index contributed by atoms with van der Waals surface area (Å²) in [7, 11) is 0. The molecule has 4 rings (SSSR count). The number of hydrogen-bond donors (Lipinski definition) is 0. The molecule has 4 aromatic carbocycles. The molecule has 4 aromatic rings. The first kappa shape index (κ1) is 25.0. The second kappa shape index (κ2) is 12.0. The van der Waals surface area contributed by atoms with Crippen LogP contribution in [0.1, 0.15) is 27.8 Å². The average molecular weight is 476 g/mol. The van der Waals surface area contributed by atoms with Gasteiger partial charge in [-0.3, -0.25) is 0 Å². The smallest absolute Gasteiger partial charge is 0.330 e. The fourth-order valence-electron chi connectivity index (χ4n) is 4.14. The molecule has 0 spiro atoms. The predicted molar refractivity (Wildman–Crippen MR) is 149 cm³/mol. The Hall–Kier alpha value is -4.11. The van der Waals surface area contributed by atoms with E-state index in [2.05, 4.69) is 122 Å². The van der Waals surface area contributed by atoms with Crippen LogP contribution in [0.15, 0.2) is 110 Å². The van der Waals surface area contributed by atoms with Crippen molar-refractivity contribution < 1.29 is 9.53 Å². The van der Waals surface area contributed by atoms with E-state index in [4.69, 9.17) is 4.74 Å². The van der Waals surface area contributed by atoms with Gasteiger partial charge in [-0.2, -0.15) is 0 Å². The SMILES string of the molecule is C=CC(=O)OCCc1ccc(CCc2ccc(N(c3ccc(C)cc3)c3ccc(C)cc3)cc2)cc1. The highest BCUT2D eigenvalue weighted by Gasteiger charge is 2.12. The molecule has 0 atom stereocenters. The summed E-state index contributed by atoms with van der Waals surface area (Å²) < 4.78 is 5.06. The summed E-state index contributed by atoms with van der Waals surface area (Å²) in [5.74, 6) is -0.376. The van der Waals surface area contributed by atoms with Crippen molar-refractivity contribution in [3.63, 3.8) is 0 Å². The third-order valence-corrected chi connectivity index (χ3v) is 6.31. The highest BCUT2D eigenvalue weighted by atomic mass is 16.5. The molecule has 0 fully saturated rings. The molecule has 36 heavy (non-hydrogen) atoms. The molecule has 0 aromatic heterocycles. The number of esters is 1. The quantitative estimate of drug-likeness (QED) is 0.173. The van der Waals surface area contributed by atoms with Crippen molar-refractivity contribution in [2.75, 3.05) is 11.5 Å². The molecular formula is C33H33NO2. The van der Waals surface area contributed by atoms with Crippen LogP contribution in [-0.4, -0.2) is 12.6 Å². The molecule has 3 nitrogen and oxygen atoms in total. The molecule has 0 bridgehead atoms. The van der Waals surface area contributed by atoms with Crippen LogP contribution in [0.25, 0.3) is 0 Å². The Balaban J connectivity index is 1.41. The third-order valence-electron chi connectivity index (χ3n) is 6.31. The summed E-state index contributed by atoms with van der Waals surface area (Å²) in [5, 5.41) is 0. The molecule has 0 amide bonds. The van der Waals surface area contributed by atoms with Crippen molar-refractivity contribution in [1.29, 1.82) is 0 Å². The van der Waals surface area contributed by atoms with E-state index in [1.54, 1.807) is 0 Å². The lowest BCUT2D eigenvalue weighted by molar-refractivity contribution is -0.137. The lowest BCUT2D eigenvalue weighted by atomic mass is 10.0. The molecule has 0 heterocycles. The van der Waals surface area contributed by atoms with Gasteiger partial charge in [0, 0.05) is 29.6 Å².